The van der Waals surface area contributed by atoms with Gasteiger partial charge < -0.3 is 14.7 Å². The van der Waals surface area contributed by atoms with E-state index in [0.29, 0.717) is 0 Å². The Morgan fingerprint density at radius 3 is 2.57 bits per heavy atom. The van der Waals surface area contributed by atoms with Gasteiger partial charge in [-0.15, -0.1) is 11.3 Å². The Morgan fingerprint density at radius 2 is 1.89 bits per heavy atom. The number of phenolic OH excluding ortho intramolecular Hbond substituents is 1. The zero-order valence-electron chi connectivity index (χ0n) is 16.2. The van der Waals surface area contributed by atoms with E-state index in [4.69, 9.17) is 0 Å². The van der Waals surface area contributed by atoms with Crippen LogP contribution in [0.1, 0.15) is 47.7 Å². The molecule has 0 amide bonds. The molecule has 1 saturated heterocycles. The van der Waals surface area contributed by atoms with E-state index in [1.807, 2.05) is 25.3 Å². The molecular weight excluding hydrogens is 387 g/mol. The van der Waals surface area contributed by atoms with Crippen LogP contribution < -0.4 is 0 Å². The molecule has 1 aliphatic heterocycles. The molecule has 0 aliphatic carbocycles. The summed E-state index contributed by atoms with van der Waals surface area (Å²) in [5.74, 6) is 1.26. The van der Waals surface area contributed by atoms with Crippen molar-refractivity contribution < 1.29 is 9.67 Å². The Morgan fingerprint density at radius 1 is 1.14 bits per heavy atom. The van der Waals surface area contributed by atoms with Gasteiger partial charge in [0.1, 0.15) is 11.6 Å². The van der Waals surface area contributed by atoms with Gasteiger partial charge in [0.25, 0.3) is 0 Å². The Balaban J connectivity index is 1.61. The minimum Gasteiger partial charge on any atom is -0.508 e. The van der Waals surface area contributed by atoms with Crippen molar-refractivity contribution in [1.29, 1.82) is 0 Å². The summed E-state index contributed by atoms with van der Waals surface area (Å²) in [6, 6.07) is 11.6. The number of aromatic amines is 1. The molecule has 1 fully saturated rings. The zero-order chi connectivity index (χ0) is 19.6. The lowest BCUT2D eigenvalue weighted by Gasteiger charge is -2.30. The van der Waals surface area contributed by atoms with Crippen molar-refractivity contribution in [2.24, 2.45) is 0 Å². The maximum atomic E-state index is 13.9. The van der Waals surface area contributed by atoms with Gasteiger partial charge in [-0.1, -0.05) is 6.42 Å². The first-order chi connectivity index (χ1) is 13.5. The molecule has 1 aliphatic rings. The largest absolute Gasteiger partial charge is 0.508 e. The molecule has 148 valence electrons. The minimum absolute atomic E-state index is 0.120. The van der Waals surface area contributed by atoms with Crippen LogP contribution in [0, 0.1) is 6.92 Å². The lowest BCUT2D eigenvalue weighted by atomic mass is 10.1. The lowest BCUT2D eigenvalue weighted by Crippen LogP contribution is -2.11. The number of hydrogen-bond donors (Lipinski definition) is 2. The summed E-state index contributed by atoms with van der Waals surface area (Å²) in [6.45, 7) is 2.01. The van der Waals surface area contributed by atoms with Crippen LogP contribution in [0.3, 0.4) is 0 Å². The monoisotopic (exact) mass is 414 g/mol. The van der Waals surface area contributed by atoms with Gasteiger partial charge in [0.2, 0.25) is 0 Å². The predicted octanol–water partition coefficient (Wildman–Crippen LogP) is 6.37. The number of aromatic hydroxyl groups is 1. The van der Waals surface area contributed by atoms with E-state index in [1.165, 1.54) is 11.3 Å². The fraction of sp³-hybridized carbons (Fsp3) is 0.409. The predicted molar refractivity (Wildman–Crippen MR) is 117 cm³/mol. The van der Waals surface area contributed by atoms with Crippen LogP contribution in [0.4, 0.5) is 0 Å². The molecule has 0 radical (unpaired) electrons. The molecule has 1 unspecified atom stereocenters. The third kappa shape index (κ3) is 4.26. The van der Waals surface area contributed by atoms with E-state index in [9.17, 15) is 9.67 Å². The van der Waals surface area contributed by atoms with Crippen LogP contribution in [0.25, 0.3) is 10.4 Å². The number of nitrogens with one attached hydrogen (secondary N) is 1. The van der Waals surface area contributed by atoms with Crippen LogP contribution in [0.2, 0.25) is 0 Å². The first kappa shape index (κ1) is 19.5. The summed E-state index contributed by atoms with van der Waals surface area (Å²) in [5, 5.41) is 9.54. The van der Waals surface area contributed by atoms with Crippen LogP contribution in [-0.2, 0) is 11.0 Å². The smallest absolute Gasteiger partial charge is 0.115 e. The highest BCUT2D eigenvalue weighted by atomic mass is 32.1. The number of aryl methyl sites for hydroxylation is 2. The second kappa shape index (κ2) is 8.26. The minimum atomic E-state index is -2.23. The van der Waals surface area contributed by atoms with Gasteiger partial charge in [-0.2, -0.15) is 0 Å². The molecule has 0 bridgehead atoms. The second-order valence-electron chi connectivity index (χ2n) is 7.78. The Hall–Kier alpha value is -1.84. The molecule has 0 spiro atoms. The summed E-state index contributed by atoms with van der Waals surface area (Å²) in [5.41, 5.74) is 2.28. The van der Waals surface area contributed by atoms with Crippen molar-refractivity contribution in [1.82, 2.24) is 9.97 Å². The van der Waals surface area contributed by atoms with Crippen molar-refractivity contribution in [3.63, 3.8) is 0 Å². The number of imidazole rings is 1. The first-order valence-electron chi connectivity index (χ1n) is 10.0. The fourth-order valence-electron chi connectivity index (χ4n) is 4.15. The number of thiophene rings is 1. The Kier molecular flexibility index (Phi) is 5.75. The van der Waals surface area contributed by atoms with Gasteiger partial charge in [-0.3, -0.25) is 0 Å². The van der Waals surface area contributed by atoms with Crippen molar-refractivity contribution in [3.05, 3.63) is 59.0 Å². The highest BCUT2D eigenvalue weighted by Gasteiger charge is 2.36. The molecule has 3 aromatic rings. The van der Waals surface area contributed by atoms with Gasteiger partial charge in [0.05, 0.1) is 7.14 Å². The molecule has 4 rings (SSSR count). The van der Waals surface area contributed by atoms with Crippen LogP contribution in [0.5, 0.6) is 5.75 Å². The SMILES string of the molecule is Cc1cnc(CCC(c2ccc(-c3ccc(O)cc3)s2)P2(=O)CCCCC2)[nH]1. The van der Waals surface area contributed by atoms with E-state index in [0.717, 1.165) is 60.0 Å². The van der Waals surface area contributed by atoms with Gasteiger partial charge in [0, 0.05) is 46.0 Å². The normalized spacial score (nSPS) is 17.5. The maximum absolute atomic E-state index is 13.9. The van der Waals surface area contributed by atoms with E-state index in [1.54, 1.807) is 23.5 Å². The van der Waals surface area contributed by atoms with Gasteiger partial charge >= 0.3 is 0 Å². The third-order valence-corrected chi connectivity index (χ3v) is 10.9. The van der Waals surface area contributed by atoms with E-state index < -0.39 is 7.14 Å². The molecule has 4 nitrogen and oxygen atoms in total. The molecule has 3 heterocycles. The number of rotatable bonds is 6. The molecule has 1 atom stereocenters. The number of H-pyrrole nitrogens is 1. The standard InChI is InChI=1S/C22H27N2O2PS/c1-16-15-23-22(24-16)12-9-19(27(26)13-3-2-4-14-27)21-11-10-20(28-21)17-5-7-18(25)8-6-17/h5-8,10-11,15,19,25H,2-4,9,12-14H2,1H3,(H,23,24). The zero-order valence-corrected chi connectivity index (χ0v) is 17.9. The van der Waals surface area contributed by atoms with Crippen molar-refractivity contribution in [2.75, 3.05) is 12.3 Å². The molecule has 2 aromatic heterocycles. The topological polar surface area (TPSA) is 66.0 Å². The molecule has 1 aromatic carbocycles. The Labute approximate surface area is 170 Å². The average molecular weight is 415 g/mol. The van der Waals surface area contributed by atoms with E-state index >= 15 is 0 Å². The highest BCUT2D eigenvalue weighted by Crippen LogP contribution is 2.64. The molecule has 0 saturated carbocycles. The second-order valence-corrected chi connectivity index (χ2v) is 12.3. The summed E-state index contributed by atoms with van der Waals surface area (Å²) in [4.78, 5) is 10.2. The van der Waals surface area contributed by atoms with Crippen molar-refractivity contribution >= 4 is 18.5 Å². The number of aromatic nitrogens is 2. The van der Waals surface area contributed by atoms with E-state index in [-0.39, 0.29) is 11.4 Å². The summed E-state index contributed by atoms with van der Waals surface area (Å²) >= 11 is 1.75. The van der Waals surface area contributed by atoms with Crippen LogP contribution in [0.15, 0.2) is 42.6 Å². The number of nitrogens with zero attached hydrogens (tertiary/aromatic N) is 1. The number of phenols is 1. The summed E-state index contributed by atoms with van der Waals surface area (Å²) in [6.07, 6.45) is 8.70. The van der Waals surface area contributed by atoms with Crippen LogP contribution in [-0.4, -0.2) is 27.4 Å². The molecule has 28 heavy (non-hydrogen) atoms. The quantitative estimate of drug-likeness (QED) is 0.460. The lowest BCUT2D eigenvalue weighted by molar-refractivity contribution is 0.475. The van der Waals surface area contributed by atoms with Gasteiger partial charge in [-0.05, 0) is 68.1 Å². The summed E-state index contributed by atoms with van der Waals surface area (Å²) in [7, 11) is -2.23. The maximum Gasteiger partial charge on any atom is 0.115 e. The number of hydrogen-bond acceptors (Lipinski definition) is 4. The fourth-order valence-corrected chi connectivity index (χ4v) is 9.43. The molecule has 6 heteroatoms. The first-order valence-corrected chi connectivity index (χ1v) is 13.0. The molecular formula is C22H27N2O2PS. The third-order valence-electron chi connectivity index (χ3n) is 5.66. The van der Waals surface area contributed by atoms with Crippen molar-refractivity contribution in [2.45, 2.75) is 44.7 Å². The summed E-state index contributed by atoms with van der Waals surface area (Å²) < 4.78 is 13.9. The Bertz CT molecular complexity index is 967. The van der Waals surface area contributed by atoms with Gasteiger partial charge in [-0.25, -0.2) is 4.98 Å². The molecule has 2 N–H and O–H groups in total. The average Bonchev–Trinajstić information content (AvgIpc) is 3.32. The van der Waals surface area contributed by atoms with E-state index in [2.05, 4.69) is 22.1 Å². The highest BCUT2D eigenvalue weighted by molar-refractivity contribution is 7.64. The number of benzene rings is 1. The van der Waals surface area contributed by atoms with Crippen molar-refractivity contribution in [3.8, 4) is 16.2 Å². The van der Waals surface area contributed by atoms with Gasteiger partial charge in [0.15, 0.2) is 0 Å². The van der Waals surface area contributed by atoms with Crippen LogP contribution >= 0.6 is 18.5 Å².